The third-order valence-electron chi connectivity index (χ3n) is 5.81. The summed E-state index contributed by atoms with van der Waals surface area (Å²) in [5, 5.41) is 6.30. The van der Waals surface area contributed by atoms with Crippen LogP contribution in [0.5, 0.6) is 0 Å². The Kier molecular flexibility index (Phi) is 4.71. The van der Waals surface area contributed by atoms with Crippen LogP contribution in [-0.2, 0) is 0 Å². The first-order valence-electron chi connectivity index (χ1n) is 10.8. The van der Waals surface area contributed by atoms with E-state index in [-0.39, 0.29) is 0 Å². The highest BCUT2D eigenvalue weighted by Crippen LogP contribution is 2.37. The van der Waals surface area contributed by atoms with Crippen molar-refractivity contribution in [2.45, 2.75) is 0 Å². The van der Waals surface area contributed by atoms with Crippen molar-refractivity contribution in [1.29, 1.82) is 0 Å². The van der Waals surface area contributed by atoms with Gasteiger partial charge in [-0.3, -0.25) is 0 Å². The first-order chi connectivity index (χ1) is 15.8. The van der Waals surface area contributed by atoms with Crippen LogP contribution >= 0.6 is 11.3 Å². The van der Waals surface area contributed by atoms with Crippen molar-refractivity contribution in [2.75, 3.05) is 5.32 Å². The maximum absolute atomic E-state index is 3.68. The molecule has 32 heavy (non-hydrogen) atoms. The van der Waals surface area contributed by atoms with Crippen LogP contribution in [-0.4, -0.2) is 0 Å². The number of anilines is 2. The lowest BCUT2D eigenvalue weighted by atomic mass is 9.98. The molecule has 0 aliphatic heterocycles. The second-order valence-electron chi connectivity index (χ2n) is 7.97. The monoisotopic (exact) mass is 427 g/mol. The molecule has 5 aromatic carbocycles. The zero-order valence-electron chi connectivity index (χ0n) is 17.5. The Morgan fingerprint density at radius 2 is 1.00 bits per heavy atom. The summed E-state index contributed by atoms with van der Waals surface area (Å²) in [5.74, 6) is 0. The number of thiophene rings is 1. The van der Waals surface area contributed by atoms with Crippen molar-refractivity contribution in [3.05, 3.63) is 121 Å². The molecule has 0 saturated heterocycles. The normalized spacial score (nSPS) is 11.1. The van der Waals surface area contributed by atoms with Crippen LogP contribution in [0.1, 0.15) is 0 Å². The average Bonchev–Trinajstić information content (AvgIpc) is 3.23. The highest BCUT2D eigenvalue weighted by atomic mass is 32.1. The predicted molar refractivity (Wildman–Crippen MR) is 140 cm³/mol. The number of benzene rings is 5. The van der Waals surface area contributed by atoms with Crippen LogP contribution in [0, 0.1) is 0 Å². The third kappa shape index (κ3) is 3.55. The molecule has 0 aliphatic carbocycles. The van der Waals surface area contributed by atoms with E-state index in [1.54, 1.807) is 0 Å². The lowest BCUT2D eigenvalue weighted by Crippen LogP contribution is -1.92. The zero-order valence-corrected chi connectivity index (χ0v) is 18.3. The Morgan fingerprint density at radius 3 is 1.69 bits per heavy atom. The molecule has 6 aromatic rings. The minimum atomic E-state index is 1.09. The minimum absolute atomic E-state index is 1.09. The van der Waals surface area contributed by atoms with Crippen molar-refractivity contribution >= 4 is 42.9 Å². The fourth-order valence-corrected chi connectivity index (χ4v) is 5.35. The highest BCUT2D eigenvalue weighted by Gasteiger charge is 2.08. The molecule has 2 heteroatoms. The summed E-state index contributed by atoms with van der Waals surface area (Å²) < 4.78 is 2.65. The quantitative estimate of drug-likeness (QED) is 0.296. The van der Waals surface area contributed by atoms with Crippen molar-refractivity contribution in [2.24, 2.45) is 0 Å². The Hall–Kier alpha value is -3.88. The third-order valence-corrected chi connectivity index (χ3v) is 6.96. The number of rotatable bonds is 4. The topological polar surface area (TPSA) is 12.0 Å². The van der Waals surface area contributed by atoms with Gasteiger partial charge in [0, 0.05) is 31.5 Å². The molecule has 0 radical (unpaired) electrons. The summed E-state index contributed by atoms with van der Waals surface area (Å²) >= 11 is 1.85. The minimum Gasteiger partial charge on any atom is -0.355 e. The molecule has 0 fully saturated rings. The summed E-state index contributed by atoms with van der Waals surface area (Å²) in [4.78, 5) is 0. The average molecular weight is 428 g/mol. The first kappa shape index (κ1) is 18.9. The predicted octanol–water partition coefficient (Wildman–Crippen LogP) is 9.13. The van der Waals surface area contributed by atoms with E-state index in [9.17, 15) is 0 Å². The molecule has 1 aromatic heterocycles. The molecule has 152 valence electrons. The van der Waals surface area contributed by atoms with Crippen LogP contribution in [0.4, 0.5) is 11.4 Å². The maximum Gasteiger partial charge on any atom is 0.0396 e. The summed E-state index contributed by atoms with van der Waals surface area (Å²) in [6.45, 7) is 0. The molecular formula is C30H21NS. The largest absolute Gasteiger partial charge is 0.355 e. The van der Waals surface area contributed by atoms with Crippen LogP contribution < -0.4 is 5.32 Å². The van der Waals surface area contributed by atoms with Crippen molar-refractivity contribution in [1.82, 2.24) is 0 Å². The lowest BCUT2D eigenvalue weighted by Gasteiger charge is -2.13. The number of fused-ring (bicyclic) bond motifs is 3. The molecule has 0 atom stereocenters. The van der Waals surface area contributed by atoms with Gasteiger partial charge in [0.2, 0.25) is 0 Å². The van der Waals surface area contributed by atoms with E-state index in [1.807, 2.05) is 11.3 Å². The van der Waals surface area contributed by atoms with E-state index < -0.39 is 0 Å². The van der Waals surface area contributed by atoms with E-state index in [2.05, 4.69) is 127 Å². The maximum atomic E-state index is 3.68. The van der Waals surface area contributed by atoms with Gasteiger partial charge < -0.3 is 5.32 Å². The van der Waals surface area contributed by atoms with E-state index in [4.69, 9.17) is 0 Å². The molecule has 6 rings (SSSR count). The first-order valence-corrected chi connectivity index (χ1v) is 11.6. The molecule has 1 N–H and O–H groups in total. The molecule has 1 heterocycles. The number of hydrogen-bond donors (Lipinski definition) is 1. The summed E-state index contributed by atoms with van der Waals surface area (Å²) in [5.41, 5.74) is 7.03. The Balaban J connectivity index is 1.45. The van der Waals surface area contributed by atoms with Gasteiger partial charge in [0.05, 0.1) is 0 Å². The van der Waals surface area contributed by atoms with Crippen LogP contribution in [0.25, 0.3) is 42.4 Å². The fraction of sp³-hybridized carbons (Fsp3) is 0. The molecule has 0 amide bonds. The van der Waals surface area contributed by atoms with E-state index in [1.165, 1.54) is 42.4 Å². The van der Waals surface area contributed by atoms with Gasteiger partial charge in [-0.1, -0.05) is 78.9 Å². The van der Waals surface area contributed by atoms with Gasteiger partial charge in [0.25, 0.3) is 0 Å². The van der Waals surface area contributed by atoms with Gasteiger partial charge in [-0.05, 0) is 64.7 Å². The molecule has 1 nitrogen and oxygen atoms in total. The number of nitrogens with one attached hydrogen (secondary N) is 1. The van der Waals surface area contributed by atoms with Gasteiger partial charge in [0.15, 0.2) is 0 Å². The van der Waals surface area contributed by atoms with Crippen LogP contribution in [0.2, 0.25) is 0 Å². The van der Waals surface area contributed by atoms with Crippen molar-refractivity contribution < 1.29 is 0 Å². The second-order valence-corrected chi connectivity index (χ2v) is 9.05. The Morgan fingerprint density at radius 1 is 0.406 bits per heavy atom. The van der Waals surface area contributed by atoms with Gasteiger partial charge in [-0.25, -0.2) is 0 Å². The van der Waals surface area contributed by atoms with Gasteiger partial charge in [0.1, 0.15) is 0 Å². The molecule has 0 aliphatic rings. The van der Waals surface area contributed by atoms with Crippen molar-refractivity contribution in [3.8, 4) is 22.3 Å². The van der Waals surface area contributed by atoms with Gasteiger partial charge in [-0.15, -0.1) is 11.3 Å². The standard InChI is InChI=1S/C30H21NS/c1-3-9-21(10-4-1)23-17-24(22-11-5-2-6-12-22)19-26(18-23)31-25-15-16-30-28(20-25)27-13-7-8-14-29(27)32-30/h1-20,31H. The van der Waals surface area contributed by atoms with Crippen LogP contribution in [0.3, 0.4) is 0 Å². The SMILES string of the molecule is c1ccc(-c2cc(Nc3ccc4sc5ccccc5c4c3)cc(-c3ccccc3)c2)cc1. The summed E-state index contributed by atoms with van der Waals surface area (Å²) in [6, 6.07) is 43.2. The van der Waals surface area contributed by atoms with Gasteiger partial charge >= 0.3 is 0 Å². The molecule has 0 spiro atoms. The fourth-order valence-electron chi connectivity index (χ4n) is 4.26. The van der Waals surface area contributed by atoms with Gasteiger partial charge in [-0.2, -0.15) is 0 Å². The lowest BCUT2D eigenvalue weighted by molar-refractivity contribution is 1.54. The Bertz CT molecular complexity index is 1470. The summed E-state index contributed by atoms with van der Waals surface area (Å²) in [6.07, 6.45) is 0. The van der Waals surface area contributed by atoms with E-state index >= 15 is 0 Å². The Labute approximate surface area is 191 Å². The second kappa shape index (κ2) is 7.99. The van der Waals surface area contributed by atoms with E-state index in [0.717, 1.165) is 11.4 Å². The molecular weight excluding hydrogens is 406 g/mol. The smallest absolute Gasteiger partial charge is 0.0396 e. The molecule has 0 unspecified atom stereocenters. The molecule has 0 bridgehead atoms. The van der Waals surface area contributed by atoms with E-state index in [0.29, 0.717) is 0 Å². The van der Waals surface area contributed by atoms with Crippen LogP contribution in [0.15, 0.2) is 121 Å². The molecule has 0 saturated carbocycles. The van der Waals surface area contributed by atoms with Crippen molar-refractivity contribution in [3.63, 3.8) is 0 Å². The number of hydrogen-bond acceptors (Lipinski definition) is 2. The zero-order chi connectivity index (χ0) is 21.3. The summed E-state index contributed by atoms with van der Waals surface area (Å²) in [7, 11) is 0. The highest BCUT2D eigenvalue weighted by molar-refractivity contribution is 7.25.